The first-order chi connectivity index (χ1) is 9.38. The molecular formula is C14H22ClNO3S. The van der Waals surface area contributed by atoms with Crippen LogP contribution in [-0.2, 0) is 15.9 Å². The van der Waals surface area contributed by atoms with Crippen molar-refractivity contribution in [3.05, 3.63) is 23.8 Å². The second kappa shape index (κ2) is 7.74. The summed E-state index contributed by atoms with van der Waals surface area (Å²) in [7, 11) is -3.31. The molecule has 0 radical (unpaired) electrons. The van der Waals surface area contributed by atoms with Gasteiger partial charge in [0.05, 0.1) is 18.2 Å². The van der Waals surface area contributed by atoms with Crippen molar-refractivity contribution in [2.75, 3.05) is 17.1 Å². The lowest BCUT2D eigenvalue weighted by Gasteiger charge is -2.13. The molecule has 0 unspecified atom stereocenters. The molecule has 1 aromatic rings. The van der Waals surface area contributed by atoms with E-state index in [0.29, 0.717) is 30.4 Å². The van der Waals surface area contributed by atoms with Crippen LogP contribution in [0.1, 0.15) is 32.8 Å². The van der Waals surface area contributed by atoms with E-state index in [1.807, 2.05) is 20.8 Å². The summed E-state index contributed by atoms with van der Waals surface area (Å²) in [5, 5.41) is 0. The van der Waals surface area contributed by atoms with E-state index in [-0.39, 0.29) is 11.6 Å². The number of rotatable bonds is 8. The first-order valence-electron chi connectivity index (χ1n) is 6.70. The number of halogens is 1. The van der Waals surface area contributed by atoms with Crippen molar-refractivity contribution in [1.29, 1.82) is 0 Å². The molecule has 0 fully saturated rings. The Labute approximate surface area is 126 Å². The van der Waals surface area contributed by atoms with Gasteiger partial charge >= 0.3 is 0 Å². The molecule has 114 valence electrons. The van der Waals surface area contributed by atoms with E-state index < -0.39 is 10.0 Å². The molecule has 0 bridgehead atoms. The summed E-state index contributed by atoms with van der Waals surface area (Å²) in [6.45, 7) is 6.43. The number of sulfonamides is 1. The molecule has 0 aliphatic heterocycles. The highest BCUT2D eigenvalue weighted by atomic mass is 35.5. The molecule has 0 aliphatic carbocycles. The van der Waals surface area contributed by atoms with Gasteiger partial charge < -0.3 is 4.74 Å². The minimum Gasteiger partial charge on any atom is -0.494 e. The Kier molecular flexibility index (Phi) is 6.62. The van der Waals surface area contributed by atoms with Gasteiger partial charge in [-0.3, -0.25) is 4.72 Å². The molecule has 1 rings (SSSR count). The third-order valence-corrected chi connectivity index (χ3v) is 4.35. The van der Waals surface area contributed by atoms with Gasteiger partial charge in [-0.05, 0) is 37.5 Å². The number of benzene rings is 1. The van der Waals surface area contributed by atoms with Crippen molar-refractivity contribution >= 4 is 27.3 Å². The average Bonchev–Trinajstić information content (AvgIpc) is 2.38. The Morgan fingerprint density at radius 3 is 2.60 bits per heavy atom. The third kappa shape index (κ3) is 5.59. The first-order valence-corrected chi connectivity index (χ1v) is 8.88. The van der Waals surface area contributed by atoms with Gasteiger partial charge in [-0.2, -0.15) is 0 Å². The van der Waals surface area contributed by atoms with E-state index in [9.17, 15) is 8.42 Å². The maximum atomic E-state index is 11.9. The molecule has 20 heavy (non-hydrogen) atoms. The highest BCUT2D eigenvalue weighted by Crippen LogP contribution is 2.25. The second-order valence-electron chi connectivity index (χ2n) is 4.99. The van der Waals surface area contributed by atoms with Gasteiger partial charge in [0.2, 0.25) is 10.0 Å². The molecular weight excluding hydrogens is 298 g/mol. The van der Waals surface area contributed by atoms with Gasteiger partial charge in [0, 0.05) is 11.3 Å². The van der Waals surface area contributed by atoms with Gasteiger partial charge in [0.1, 0.15) is 5.75 Å². The molecule has 1 aromatic carbocycles. The van der Waals surface area contributed by atoms with Crippen molar-refractivity contribution in [3.8, 4) is 5.75 Å². The standard InChI is InChI=1S/C14H22ClNO3S/c1-4-19-14-6-5-13(9-12(14)10-15)16-20(17,18)8-7-11(2)3/h5-6,9,11,16H,4,7-8,10H2,1-3H3. The normalized spacial score (nSPS) is 11.7. The zero-order chi connectivity index (χ0) is 15.2. The fraction of sp³-hybridized carbons (Fsp3) is 0.571. The van der Waals surface area contributed by atoms with Gasteiger partial charge in [-0.15, -0.1) is 11.6 Å². The summed E-state index contributed by atoms with van der Waals surface area (Å²) < 4.78 is 31.9. The summed E-state index contributed by atoms with van der Waals surface area (Å²) in [4.78, 5) is 0. The Bertz CT molecular complexity index is 529. The Morgan fingerprint density at radius 2 is 2.05 bits per heavy atom. The monoisotopic (exact) mass is 319 g/mol. The summed E-state index contributed by atoms with van der Waals surface area (Å²) in [6.07, 6.45) is 0.634. The number of alkyl halides is 1. The van der Waals surface area contributed by atoms with Gasteiger partial charge in [-0.25, -0.2) is 8.42 Å². The van der Waals surface area contributed by atoms with Crippen LogP contribution in [0.25, 0.3) is 0 Å². The molecule has 0 spiro atoms. The fourth-order valence-corrected chi connectivity index (χ4v) is 3.24. The molecule has 0 aromatic heterocycles. The lowest BCUT2D eigenvalue weighted by Crippen LogP contribution is -2.18. The zero-order valence-corrected chi connectivity index (χ0v) is 13.7. The number of hydrogen-bond acceptors (Lipinski definition) is 3. The van der Waals surface area contributed by atoms with Crippen LogP contribution >= 0.6 is 11.6 Å². The van der Waals surface area contributed by atoms with E-state index in [1.165, 1.54) is 0 Å². The van der Waals surface area contributed by atoms with Crippen molar-refractivity contribution in [3.63, 3.8) is 0 Å². The number of hydrogen-bond donors (Lipinski definition) is 1. The topological polar surface area (TPSA) is 55.4 Å². The Morgan fingerprint density at radius 1 is 1.35 bits per heavy atom. The van der Waals surface area contributed by atoms with Crippen LogP contribution < -0.4 is 9.46 Å². The lowest BCUT2D eigenvalue weighted by molar-refractivity contribution is 0.337. The molecule has 0 saturated carbocycles. The maximum absolute atomic E-state index is 11.9. The van der Waals surface area contributed by atoms with Crippen molar-refractivity contribution in [1.82, 2.24) is 0 Å². The average molecular weight is 320 g/mol. The third-order valence-electron chi connectivity index (χ3n) is 2.74. The minimum atomic E-state index is -3.31. The lowest BCUT2D eigenvalue weighted by atomic mass is 10.2. The summed E-state index contributed by atoms with van der Waals surface area (Å²) in [6, 6.07) is 5.14. The van der Waals surface area contributed by atoms with Crippen LogP contribution in [0.4, 0.5) is 5.69 Å². The van der Waals surface area contributed by atoms with E-state index >= 15 is 0 Å². The van der Waals surface area contributed by atoms with E-state index in [1.54, 1.807) is 18.2 Å². The first kappa shape index (κ1) is 17.1. The maximum Gasteiger partial charge on any atom is 0.232 e. The van der Waals surface area contributed by atoms with Crippen LogP contribution in [-0.4, -0.2) is 20.8 Å². The van der Waals surface area contributed by atoms with Crippen LogP contribution in [0.3, 0.4) is 0 Å². The summed E-state index contributed by atoms with van der Waals surface area (Å²) in [5.41, 5.74) is 1.30. The van der Waals surface area contributed by atoms with Crippen LogP contribution in [0.5, 0.6) is 5.75 Å². The second-order valence-corrected chi connectivity index (χ2v) is 7.10. The molecule has 0 atom stereocenters. The fourth-order valence-electron chi connectivity index (χ4n) is 1.67. The van der Waals surface area contributed by atoms with Crippen LogP contribution in [0.15, 0.2) is 18.2 Å². The van der Waals surface area contributed by atoms with Crippen LogP contribution in [0.2, 0.25) is 0 Å². The summed E-state index contributed by atoms with van der Waals surface area (Å²) >= 11 is 5.86. The van der Waals surface area contributed by atoms with Gasteiger partial charge in [0.15, 0.2) is 0 Å². The predicted octanol–water partition coefficient (Wildman–Crippen LogP) is 3.61. The molecule has 6 heteroatoms. The van der Waals surface area contributed by atoms with E-state index in [4.69, 9.17) is 16.3 Å². The molecule has 4 nitrogen and oxygen atoms in total. The molecule has 0 amide bonds. The van der Waals surface area contributed by atoms with Crippen LogP contribution in [0, 0.1) is 5.92 Å². The molecule has 0 heterocycles. The molecule has 0 saturated heterocycles. The Hall–Kier alpha value is -0.940. The molecule has 1 N–H and O–H groups in total. The Balaban J connectivity index is 2.82. The van der Waals surface area contributed by atoms with Gasteiger partial charge in [0.25, 0.3) is 0 Å². The van der Waals surface area contributed by atoms with Crippen molar-refractivity contribution in [2.45, 2.75) is 33.1 Å². The predicted molar refractivity (Wildman–Crippen MR) is 84.0 cm³/mol. The number of anilines is 1. The zero-order valence-electron chi connectivity index (χ0n) is 12.1. The van der Waals surface area contributed by atoms with Crippen molar-refractivity contribution < 1.29 is 13.2 Å². The number of nitrogens with one attached hydrogen (secondary N) is 1. The summed E-state index contributed by atoms with van der Waals surface area (Å²) in [5.74, 6) is 1.43. The smallest absolute Gasteiger partial charge is 0.232 e. The van der Waals surface area contributed by atoms with E-state index in [2.05, 4.69) is 4.72 Å². The highest BCUT2D eigenvalue weighted by molar-refractivity contribution is 7.92. The van der Waals surface area contributed by atoms with E-state index in [0.717, 1.165) is 5.56 Å². The number of ether oxygens (including phenoxy) is 1. The van der Waals surface area contributed by atoms with Crippen molar-refractivity contribution in [2.24, 2.45) is 5.92 Å². The quantitative estimate of drug-likeness (QED) is 0.745. The highest BCUT2D eigenvalue weighted by Gasteiger charge is 2.13. The minimum absolute atomic E-state index is 0.119. The van der Waals surface area contributed by atoms with Gasteiger partial charge in [-0.1, -0.05) is 13.8 Å². The SMILES string of the molecule is CCOc1ccc(NS(=O)(=O)CCC(C)C)cc1CCl. The largest absolute Gasteiger partial charge is 0.494 e. The molecule has 0 aliphatic rings.